The van der Waals surface area contributed by atoms with Crippen LogP contribution in [0.2, 0.25) is 0 Å². The molecule has 2 aromatic heterocycles. The van der Waals surface area contributed by atoms with Gasteiger partial charge in [0, 0.05) is 23.6 Å². The van der Waals surface area contributed by atoms with E-state index in [9.17, 15) is 14.7 Å². The molecule has 2 N–H and O–H groups in total. The molecule has 0 spiro atoms. The molecule has 1 aromatic carbocycles. The van der Waals surface area contributed by atoms with Crippen LogP contribution in [0.15, 0.2) is 53.7 Å². The predicted molar refractivity (Wildman–Crippen MR) is 102 cm³/mol. The van der Waals surface area contributed by atoms with Crippen LogP contribution in [0.3, 0.4) is 0 Å². The largest absolute Gasteiger partial charge is 0.392 e. The number of aliphatic hydroxyl groups is 1. The Morgan fingerprint density at radius 3 is 2.63 bits per heavy atom. The number of amides is 1. The van der Waals surface area contributed by atoms with Crippen LogP contribution in [0.25, 0.3) is 0 Å². The number of nitrogens with zero attached hydrogens (tertiary/aromatic N) is 3. The van der Waals surface area contributed by atoms with Crippen LogP contribution in [0.4, 0.5) is 5.69 Å². The molecule has 0 radical (unpaired) electrons. The zero-order chi connectivity index (χ0) is 19.4. The summed E-state index contributed by atoms with van der Waals surface area (Å²) in [7, 11) is 0. The second kappa shape index (κ2) is 7.92. The number of nitrogens with one attached hydrogen (secondary N) is 1. The van der Waals surface area contributed by atoms with Gasteiger partial charge in [-0.3, -0.25) is 19.6 Å². The van der Waals surface area contributed by atoms with E-state index in [0.29, 0.717) is 22.5 Å². The lowest BCUT2D eigenvalue weighted by molar-refractivity contribution is 0.102. The van der Waals surface area contributed by atoms with Crippen molar-refractivity contribution in [3.63, 3.8) is 0 Å². The summed E-state index contributed by atoms with van der Waals surface area (Å²) in [6, 6.07) is 8.63. The minimum absolute atomic E-state index is 0.0605. The van der Waals surface area contributed by atoms with Gasteiger partial charge in [0.1, 0.15) is 5.56 Å². The molecule has 0 unspecified atom stereocenters. The number of rotatable bonds is 5. The maximum absolute atomic E-state index is 12.9. The average molecular weight is 364 g/mol. The predicted octanol–water partition coefficient (Wildman–Crippen LogP) is 2.05. The maximum atomic E-state index is 12.9. The van der Waals surface area contributed by atoms with Gasteiger partial charge in [0.2, 0.25) is 0 Å². The summed E-state index contributed by atoms with van der Waals surface area (Å²) in [6.45, 7) is 3.56. The van der Waals surface area contributed by atoms with Crippen molar-refractivity contribution in [2.24, 2.45) is 0 Å². The number of hydrogen-bond donors (Lipinski definition) is 2. The van der Waals surface area contributed by atoms with E-state index in [4.69, 9.17) is 0 Å². The second-order valence-electron chi connectivity index (χ2n) is 6.23. The number of aromatic nitrogens is 3. The Balaban J connectivity index is 1.92. The topological polar surface area (TPSA) is 97.1 Å². The number of aliphatic hydroxyl groups excluding tert-OH is 1. The Bertz CT molecular complexity index is 1030. The first-order valence-electron chi connectivity index (χ1n) is 8.47. The highest BCUT2D eigenvalue weighted by atomic mass is 16.3. The van der Waals surface area contributed by atoms with Crippen LogP contribution < -0.4 is 10.9 Å². The van der Waals surface area contributed by atoms with Gasteiger partial charge < -0.3 is 15.0 Å². The molecule has 0 aliphatic heterocycles. The van der Waals surface area contributed by atoms with Gasteiger partial charge in [0.25, 0.3) is 11.5 Å². The highest BCUT2D eigenvalue weighted by Gasteiger charge is 2.17. The number of aryl methyl sites for hydroxylation is 2. The number of carbonyl (C=O) groups is 1. The van der Waals surface area contributed by atoms with Gasteiger partial charge >= 0.3 is 0 Å². The molecule has 0 saturated carbocycles. The summed E-state index contributed by atoms with van der Waals surface area (Å²) in [5.41, 5.74) is 2.70. The molecule has 138 valence electrons. The van der Waals surface area contributed by atoms with Crippen molar-refractivity contribution in [2.45, 2.75) is 27.0 Å². The summed E-state index contributed by atoms with van der Waals surface area (Å²) in [6.07, 6.45) is 4.88. The summed E-state index contributed by atoms with van der Waals surface area (Å²) in [5, 5.41) is 12.1. The Morgan fingerprint density at radius 1 is 1.15 bits per heavy atom. The van der Waals surface area contributed by atoms with Crippen LogP contribution in [-0.2, 0) is 13.2 Å². The van der Waals surface area contributed by atoms with Crippen molar-refractivity contribution in [1.29, 1.82) is 0 Å². The van der Waals surface area contributed by atoms with Crippen molar-refractivity contribution in [1.82, 2.24) is 14.5 Å². The van der Waals surface area contributed by atoms with E-state index in [-0.39, 0.29) is 18.7 Å². The van der Waals surface area contributed by atoms with E-state index in [1.807, 2.05) is 6.92 Å². The SMILES string of the molecule is Cc1cnc(Cn2ccc(C)c(C(=O)Nc3ccccc3CO)c2=O)cn1. The standard InChI is InChI=1S/C20H20N4O3/c1-13-7-8-24(11-16-10-21-14(2)9-22-16)20(27)18(13)19(26)23-17-6-4-3-5-15(17)12-25/h3-10,25H,11-12H2,1-2H3,(H,23,26). The first kappa shape index (κ1) is 18.5. The molecular formula is C20H20N4O3. The number of carbonyl (C=O) groups excluding carboxylic acids is 1. The molecule has 7 nitrogen and oxygen atoms in total. The number of anilines is 1. The number of benzene rings is 1. The van der Waals surface area contributed by atoms with Crippen LogP contribution in [0.5, 0.6) is 0 Å². The molecule has 27 heavy (non-hydrogen) atoms. The van der Waals surface area contributed by atoms with Gasteiger partial charge in [0.15, 0.2) is 0 Å². The minimum Gasteiger partial charge on any atom is -0.392 e. The van der Waals surface area contributed by atoms with Crippen molar-refractivity contribution in [2.75, 3.05) is 5.32 Å². The normalized spacial score (nSPS) is 10.6. The third-order valence-corrected chi connectivity index (χ3v) is 4.20. The van der Waals surface area contributed by atoms with Gasteiger partial charge in [-0.25, -0.2) is 0 Å². The molecule has 0 saturated heterocycles. The monoisotopic (exact) mass is 364 g/mol. The Hall–Kier alpha value is -3.32. The zero-order valence-corrected chi connectivity index (χ0v) is 15.1. The van der Waals surface area contributed by atoms with Gasteiger partial charge in [-0.15, -0.1) is 0 Å². The molecule has 0 atom stereocenters. The maximum Gasteiger partial charge on any atom is 0.264 e. The third-order valence-electron chi connectivity index (χ3n) is 4.20. The quantitative estimate of drug-likeness (QED) is 0.722. The van der Waals surface area contributed by atoms with E-state index in [1.165, 1.54) is 4.57 Å². The van der Waals surface area contributed by atoms with Crippen molar-refractivity contribution < 1.29 is 9.90 Å². The molecular weight excluding hydrogens is 344 g/mol. The first-order valence-corrected chi connectivity index (χ1v) is 8.47. The molecule has 3 aromatic rings. The molecule has 0 aliphatic carbocycles. The second-order valence-corrected chi connectivity index (χ2v) is 6.23. The lowest BCUT2D eigenvalue weighted by Crippen LogP contribution is -2.30. The first-order chi connectivity index (χ1) is 13.0. The summed E-state index contributed by atoms with van der Waals surface area (Å²) in [4.78, 5) is 34.0. The van der Waals surface area contributed by atoms with Gasteiger partial charge in [0.05, 0.1) is 30.7 Å². The molecule has 7 heteroatoms. The lowest BCUT2D eigenvalue weighted by Gasteiger charge is -2.12. The van der Waals surface area contributed by atoms with Crippen molar-refractivity contribution in [3.05, 3.63) is 87.4 Å². The molecule has 1 amide bonds. The van der Waals surface area contributed by atoms with E-state index in [0.717, 1.165) is 5.69 Å². The highest BCUT2D eigenvalue weighted by Crippen LogP contribution is 2.16. The van der Waals surface area contributed by atoms with Gasteiger partial charge in [-0.1, -0.05) is 18.2 Å². The molecule has 2 heterocycles. The van der Waals surface area contributed by atoms with E-state index in [2.05, 4.69) is 15.3 Å². The fourth-order valence-electron chi connectivity index (χ4n) is 2.71. The molecule has 3 rings (SSSR count). The third kappa shape index (κ3) is 4.09. The van der Waals surface area contributed by atoms with Crippen LogP contribution in [0.1, 0.15) is 32.9 Å². The zero-order valence-electron chi connectivity index (χ0n) is 15.1. The number of para-hydroxylation sites is 1. The van der Waals surface area contributed by atoms with Crippen LogP contribution >= 0.6 is 0 Å². The van der Waals surface area contributed by atoms with Crippen LogP contribution in [0, 0.1) is 13.8 Å². The summed E-state index contributed by atoms with van der Waals surface area (Å²) in [5.74, 6) is -0.511. The molecule has 0 aliphatic rings. The summed E-state index contributed by atoms with van der Waals surface area (Å²) >= 11 is 0. The average Bonchev–Trinajstić information content (AvgIpc) is 2.66. The van der Waals surface area contributed by atoms with E-state index in [1.54, 1.807) is 55.8 Å². The Kier molecular flexibility index (Phi) is 5.42. The fourth-order valence-corrected chi connectivity index (χ4v) is 2.71. The van der Waals surface area contributed by atoms with E-state index < -0.39 is 11.5 Å². The van der Waals surface area contributed by atoms with Gasteiger partial charge in [-0.05, 0) is 31.5 Å². The lowest BCUT2D eigenvalue weighted by atomic mass is 10.1. The van der Waals surface area contributed by atoms with Crippen LogP contribution in [-0.4, -0.2) is 25.5 Å². The fraction of sp³-hybridized carbons (Fsp3) is 0.200. The van der Waals surface area contributed by atoms with Gasteiger partial charge in [-0.2, -0.15) is 0 Å². The minimum atomic E-state index is -0.511. The molecule has 0 bridgehead atoms. The number of pyridine rings is 1. The van der Waals surface area contributed by atoms with Crippen molar-refractivity contribution in [3.8, 4) is 0 Å². The Labute approximate surface area is 156 Å². The molecule has 0 fully saturated rings. The Morgan fingerprint density at radius 2 is 1.93 bits per heavy atom. The smallest absolute Gasteiger partial charge is 0.264 e. The van der Waals surface area contributed by atoms with Crippen molar-refractivity contribution >= 4 is 11.6 Å². The van der Waals surface area contributed by atoms with E-state index >= 15 is 0 Å². The summed E-state index contributed by atoms with van der Waals surface area (Å²) < 4.78 is 1.43. The number of hydrogen-bond acceptors (Lipinski definition) is 5. The highest BCUT2D eigenvalue weighted by molar-refractivity contribution is 6.05.